The first-order valence-corrected chi connectivity index (χ1v) is 7.93. The molecule has 0 unspecified atom stereocenters. The van der Waals surface area contributed by atoms with E-state index in [-0.39, 0.29) is 24.0 Å². The molecule has 0 radical (unpaired) electrons. The lowest BCUT2D eigenvalue weighted by atomic mass is 10.0. The first-order chi connectivity index (χ1) is 11.0. The molecule has 0 saturated carbocycles. The fraction of sp³-hybridized carbons (Fsp3) is 0.588. The van der Waals surface area contributed by atoms with Crippen molar-refractivity contribution < 1.29 is 18.7 Å². The van der Waals surface area contributed by atoms with Gasteiger partial charge < -0.3 is 19.7 Å². The number of nitrogens with zero attached hydrogens (tertiary/aromatic N) is 1. The number of morpholine rings is 1. The highest BCUT2D eigenvalue weighted by Crippen LogP contribution is 2.24. The summed E-state index contributed by atoms with van der Waals surface area (Å²) in [5.41, 5.74) is 1.48. The number of hydrogen-bond acceptors (Lipinski definition) is 3. The monoisotopic (exact) mass is 324 g/mol. The van der Waals surface area contributed by atoms with E-state index in [2.05, 4.69) is 5.32 Å². The van der Waals surface area contributed by atoms with Gasteiger partial charge in [0, 0.05) is 26.3 Å². The van der Waals surface area contributed by atoms with Gasteiger partial charge in [-0.3, -0.25) is 0 Å². The average Bonchev–Trinajstić information content (AvgIpc) is 2.55. The summed E-state index contributed by atoms with van der Waals surface area (Å²) in [5, 5.41) is 2.97. The Bertz CT molecular complexity index is 539. The van der Waals surface area contributed by atoms with Gasteiger partial charge in [0.25, 0.3) is 0 Å². The lowest BCUT2D eigenvalue weighted by Gasteiger charge is -2.34. The molecule has 0 aliphatic carbocycles. The molecular weight excluding hydrogens is 299 g/mol. The molecule has 2 rings (SSSR count). The van der Waals surface area contributed by atoms with Crippen LogP contribution >= 0.6 is 0 Å². The van der Waals surface area contributed by atoms with Gasteiger partial charge >= 0.3 is 6.03 Å². The normalized spacial score (nSPS) is 19.5. The Balaban J connectivity index is 1.94. The SMILES string of the molecule is COCC[C@H](C)NC(=O)N1CCO[C@H](c2ccc(F)c(C)c2)C1. The smallest absolute Gasteiger partial charge is 0.317 e. The van der Waals surface area contributed by atoms with Gasteiger partial charge in [0.05, 0.1) is 13.2 Å². The zero-order valence-electron chi connectivity index (χ0n) is 14.0. The third-order valence-electron chi connectivity index (χ3n) is 4.03. The molecule has 1 N–H and O–H groups in total. The van der Waals surface area contributed by atoms with E-state index in [1.54, 1.807) is 31.1 Å². The largest absolute Gasteiger partial charge is 0.385 e. The summed E-state index contributed by atoms with van der Waals surface area (Å²) in [7, 11) is 1.64. The van der Waals surface area contributed by atoms with Crippen molar-refractivity contribution >= 4 is 6.03 Å². The van der Waals surface area contributed by atoms with Crippen molar-refractivity contribution in [2.24, 2.45) is 0 Å². The van der Waals surface area contributed by atoms with Crippen molar-refractivity contribution in [2.45, 2.75) is 32.4 Å². The zero-order valence-corrected chi connectivity index (χ0v) is 14.0. The number of carbonyl (C=O) groups excluding carboxylic acids is 1. The van der Waals surface area contributed by atoms with Crippen molar-refractivity contribution in [3.05, 3.63) is 35.1 Å². The van der Waals surface area contributed by atoms with Crippen LogP contribution in [0.25, 0.3) is 0 Å². The molecule has 0 spiro atoms. The lowest BCUT2D eigenvalue weighted by Crippen LogP contribution is -2.49. The summed E-state index contributed by atoms with van der Waals surface area (Å²) < 4.78 is 24.2. The van der Waals surface area contributed by atoms with E-state index in [0.29, 0.717) is 31.9 Å². The highest BCUT2D eigenvalue weighted by atomic mass is 19.1. The van der Waals surface area contributed by atoms with Gasteiger partial charge in [-0.1, -0.05) is 12.1 Å². The van der Waals surface area contributed by atoms with E-state index < -0.39 is 0 Å². The summed E-state index contributed by atoms with van der Waals surface area (Å²) in [6.07, 6.45) is 0.552. The van der Waals surface area contributed by atoms with Crippen molar-refractivity contribution in [1.29, 1.82) is 0 Å². The number of nitrogens with one attached hydrogen (secondary N) is 1. The number of rotatable bonds is 5. The van der Waals surface area contributed by atoms with Crippen molar-refractivity contribution in [3.8, 4) is 0 Å². The molecule has 0 bridgehead atoms. The van der Waals surface area contributed by atoms with Gasteiger partial charge in [-0.15, -0.1) is 0 Å². The standard InChI is InChI=1S/C17H25FN2O3/c1-12-10-14(4-5-15(12)18)16-11-20(7-9-23-16)17(21)19-13(2)6-8-22-3/h4-5,10,13,16H,6-9,11H2,1-3H3,(H,19,21)/t13-,16-/m0/s1. The molecule has 1 heterocycles. The van der Waals surface area contributed by atoms with Crippen molar-refractivity contribution in [2.75, 3.05) is 33.4 Å². The second kappa shape index (κ2) is 8.26. The lowest BCUT2D eigenvalue weighted by molar-refractivity contribution is -0.0158. The van der Waals surface area contributed by atoms with Crippen LogP contribution in [0.2, 0.25) is 0 Å². The fourth-order valence-electron chi connectivity index (χ4n) is 2.57. The predicted octanol–water partition coefficient (Wildman–Crippen LogP) is 2.64. The van der Waals surface area contributed by atoms with Gasteiger partial charge in [0.2, 0.25) is 0 Å². The summed E-state index contributed by atoms with van der Waals surface area (Å²) in [4.78, 5) is 14.1. The molecule has 1 saturated heterocycles. The minimum Gasteiger partial charge on any atom is -0.385 e. The first-order valence-electron chi connectivity index (χ1n) is 7.93. The average molecular weight is 324 g/mol. The number of ether oxygens (including phenoxy) is 2. The second-order valence-corrected chi connectivity index (χ2v) is 5.95. The maximum atomic E-state index is 13.4. The Morgan fingerprint density at radius 3 is 3.04 bits per heavy atom. The molecule has 0 aromatic heterocycles. The summed E-state index contributed by atoms with van der Waals surface area (Å²) in [5.74, 6) is -0.230. The number of benzene rings is 1. The van der Waals surface area contributed by atoms with Gasteiger partial charge in [0.15, 0.2) is 0 Å². The van der Waals surface area contributed by atoms with E-state index in [1.165, 1.54) is 6.07 Å². The van der Waals surface area contributed by atoms with E-state index in [9.17, 15) is 9.18 Å². The van der Waals surface area contributed by atoms with Crippen LogP contribution in [0.1, 0.15) is 30.6 Å². The van der Waals surface area contributed by atoms with Crippen LogP contribution in [0.4, 0.5) is 9.18 Å². The minimum absolute atomic E-state index is 0.0526. The number of aryl methyl sites for hydroxylation is 1. The molecule has 1 aliphatic rings. The summed E-state index contributed by atoms with van der Waals surface area (Å²) in [6.45, 7) is 5.79. The molecule has 6 heteroatoms. The van der Waals surface area contributed by atoms with E-state index in [4.69, 9.17) is 9.47 Å². The van der Waals surface area contributed by atoms with Gasteiger partial charge in [-0.2, -0.15) is 0 Å². The predicted molar refractivity (Wildman–Crippen MR) is 85.9 cm³/mol. The molecule has 1 aromatic carbocycles. The number of halogens is 1. The van der Waals surface area contributed by atoms with E-state index in [1.807, 2.05) is 6.92 Å². The summed E-state index contributed by atoms with van der Waals surface area (Å²) in [6, 6.07) is 4.90. The molecule has 128 valence electrons. The third kappa shape index (κ3) is 4.91. The Morgan fingerprint density at radius 2 is 2.35 bits per heavy atom. The number of methoxy groups -OCH3 is 1. The molecule has 5 nitrogen and oxygen atoms in total. The molecule has 1 aromatic rings. The van der Waals surface area contributed by atoms with Crippen molar-refractivity contribution in [3.63, 3.8) is 0 Å². The zero-order chi connectivity index (χ0) is 16.8. The Hall–Kier alpha value is -1.66. The van der Waals surface area contributed by atoms with E-state index >= 15 is 0 Å². The van der Waals surface area contributed by atoms with Crippen LogP contribution in [-0.2, 0) is 9.47 Å². The first kappa shape index (κ1) is 17.7. The maximum absolute atomic E-state index is 13.4. The molecular formula is C17H25FN2O3. The van der Waals surface area contributed by atoms with Crippen LogP contribution in [0.3, 0.4) is 0 Å². The Morgan fingerprint density at radius 1 is 1.57 bits per heavy atom. The number of carbonyl (C=O) groups is 1. The van der Waals surface area contributed by atoms with Crippen LogP contribution in [0.5, 0.6) is 0 Å². The molecule has 1 aliphatic heterocycles. The van der Waals surface area contributed by atoms with E-state index in [0.717, 1.165) is 12.0 Å². The van der Waals surface area contributed by atoms with Crippen molar-refractivity contribution in [1.82, 2.24) is 10.2 Å². The summed E-state index contributed by atoms with van der Waals surface area (Å²) >= 11 is 0. The quantitative estimate of drug-likeness (QED) is 0.906. The molecule has 1 fully saturated rings. The topological polar surface area (TPSA) is 50.8 Å². The third-order valence-corrected chi connectivity index (χ3v) is 4.03. The fourth-order valence-corrected chi connectivity index (χ4v) is 2.57. The highest BCUT2D eigenvalue weighted by molar-refractivity contribution is 5.74. The maximum Gasteiger partial charge on any atom is 0.317 e. The van der Waals surface area contributed by atoms with Gasteiger partial charge in [-0.25, -0.2) is 9.18 Å². The highest BCUT2D eigenvalue weighted by Gasteiger charge is 2.26. The van der Waals surface area contributed by atoms with Gasteiger partial charge in [0.1, 0.15) is 11.9 Å². The number of urea groups is 1. The van der Waals surface area contributed by atoms with Crippen LogP contribution in [-0.4, -0.2) is 50.4 Å². The van der Waals surface area contributed by atoms with Crippen LogP contribution in [0.15, 0.2) is 18.2 Å². The molecule has 2 amide bonds. The number of amides is 2. The second-order valence-electron chi connectivity index (χ2n) is 5.95. The van der Waals surface area contributed by atoms with Crippen LogP contribution in [0, 0.1) is 12.7 Å². The van der Waals surface area contributed by atoms with Gasteiger partial charge in [-0.05, 0) is 37.5 Å². The minimum atomic E-state index is -0.230. The Kier molecular flexibility index (Phi) is 6.36. The Labute approximate surface area is 136 Å². The molecule has 23 heavy (non-hydrogen) atoms. The number of hydrogen-bond donors (Lipinski definition) is 1. The van der Waals surface area contributed by atoms with Crippen LogP contribution < -0.4 is 5.32 Å². The molecule has 2 atom stereocenters.